The molecule has 1 saturated heterocycles. The van der Waals surface area contributed by atoms with Crippen LogP contribution in [0.15, 0.2) is 47.0 Å². The van der Waals surface area contributed by atoms with Gasteiger partial charge in [-0.3, -0.25) is 0 Å². The van der Waals surface area contributed by atoms with Gasteiger partial charge in [0.05, 0.1) is 6.61 Å². The maximum Gasteiger partial charge on any atom is 0.258 e. The quantitative estimate of drug-likeness (QED) is 0.759. The monoisotopic (exact) mass is 350 g/mol. The summed E-state index contributed by atoms with van der Waals surface area (Å²) in [5.74, 6) is 2.40. The molecule has 6 nitrogen and oxygen atoms in total. The lowest BCUT2D eigenvalue weighted by Gasteiger charge is -2.22. The molecule has 1 fully saturated rings. The van der Waals surface area contributed by atoms with Gasteiger partial charge in [-0.25, -0.2) is 4.98 Å². The molecule has 0 saturated carbocycles. The van der Waals surface area contributed by atoms with E-state index in [1.54, 1.807) is 0 Å². The topological polar surface area (TPSA) is 73.1 Å². The molecule has 4 rings (SSSR count). The summed E-state index contributed by atoms with van der Waals surface area (Å²) in [5.41, 5.74) is 2.47. The Balaban J connectivity index is 1.48. The predicted molar refractivity (Wildman–Crippen MR) is 98.8 cm³/mol. The number of benzene rings is 1. The normalized spacial score (nSPS) is 15.1. The van der Waals surface area contributed by atoms with Gasteiger partial charge in [-0.05, 0) is 69.1 Å². The summed E-state index contributed by atoms with van der Waals surface area (Å²) in [6, 6.07) is 13.5. The number of ether oxygens (including phenoxy) is 1. The number of nitrogens with one attached hydrogen (secondary N) is 1. The highest BCUT2D eigenvalue weighted by Gasteiger charge is 2.15. The summed E-state index contributed by atoms with van der Waals surface area (Å²) in [7, 11) is 0. The van der Waals surface area contributed by atoms with Crippen LogP contribution in [0.1, 0.15) is 18.5 Å². The fraction of sp³-hybridized carbons (Fsp3) is 0.350. The number of hydrogen-bond donors (Lipinski definition) is 1. The Kier molecular flexibility index (Phi) is 4.93. The molecule has 6 heteroatoms. The van der Waals surface area contributed by atoms with Gasteiger partial charge in [0.1, 0.15) is 11.4 Å². The lowest BCUT2D eigenvalue weighted by Crippen LogP contribution is -2.30. The van der Waals surface area contributed by atoms with Crippen LogP contribution in [0.3, 0.4) is 0 Å². The Bertz CT molecular complexity index is 872. The van der Waals surface area contributed by atoms with E-state index in [4.69, 9.17) is 9.26 Å². The van der Waals surface area contributed by atoms with Gasteiger partial charge in [-0.15, -0.1) is 0 Å². The second-order valence-corrected chi connectivity index (χ2v) is 6.62. The van der Waals surface area contributed by atoms with Gasteiger partial charge in [0.25, 0.3) is 5.89 Å². The predicted octanol–water partition coefficient (Wildman–Crippen LogP) is 3.49. The largest absolute Gasteiger partial charge is 0.493 e. The first kappa shape index (κ1) is 16.7. The van der Waals surface area contributed by atoms with Crippen molar-refractivity contribution in [2.45, 2.75) is 19.8 Å². The van der Waals surface area contributed by atoms with Crippen molar-refractivity contribution in [3.8, 4) is 28.7 Å². The van der Waals surface area contributed by atoms with Gasteiger partial charge >= 0.3 is 0 Å². The van der Waals surface area contributed by atoms with Crippen molar-refractivity contribution in [1.29, 1.82) is 0 Å². The Hall–Kier alpha value is -2.73. The zero-order valence-electron chi connectivity index (χ0n) is 14.8. The number of rotatable bonds is 5. The van der Waals surface area contributed by atoms with Crippen molar-refractivity contribution < 1.29 is 9.26 Å². The maximum atomic E-state index is 5.98. The number of nitrogens with zero attached hydrogens (tertiary/aromatic N) is 3. The van der Waals surface area contributed by atoms with E-state index >= 15 is 0 Å². The average molecular weight is 350 g/mol. The SMILES string of the molecule is Cc1cccc(-c2noc(-c3cccc(OCC4CCNCC4)c3)n2)n1. The first-order valence-electron chi connectivity index (χ1n) is 8.99. The molecule has 1 aromatic carbocycles. The molecule has 0 unspecified atom stereocenters. The fourth-order valence-electron chi connectivity index (χ4n) is 3.09. The Morgan fingerprint density at radius 2 is 1.96 bits per heavy atom. The van der Waals surface area contributed by atoms with Gasteiger partial charge in [0.15, 0.2) is 0 Å². The molecule has 0 radical (unpaired) electrons. The number of hydrogen-bond acceptors (Lipinski definition) is 6. The highest BCUT2D eigenvalue weighted by atomic mass is 16.5. The van der Waals surface area contributed by atoms with Gasteiger partial charge in [-0.2, -0.15) is 4.98 Å². The molecule has 0 spiro atoms. The molecular weight excluding hydrogens is 328 g/mol. The molecule has 0 bridgehead atoms. The molecule has 2 aromatic heterocycles. The zero-order chi connectivity index (χ0) is 17.8. The first-order chi connectivity index (χ1) is 12.8. The van der Waals surface area contributed by atoms with E-state index < -0.39 is 0 Å². The van der Waals surface area contributed by atoms with E-state index in [1.807, 2.05) is 49.4 Å². The molecule has 1 aliphatic heterocycles. The summed E-state index contributed by atoms with van der Waals surface area (Å²) >= 11 is 0. The minimum Gasteiger partial charge on any atom is -0.493 e. The van der Waals surface area contributed by atoms with Crippen LogP contribution in [-0.4, -0.2) is 34.8 Å². The molecule has 3 aromatic rings. The van der Waals surface area contributed by atoms with Crippen LogP contribution in [0.2, 0.25) is 0 Å². The zero-order valence-corrected chi connectivity index (χ0v) is 14.8. The molecule has 3 heterocycles. The first-order valence-corrected chi connectivity index (χ1v) is 8.99. The Morgan fingerprint density at radius 1 is 1.12 bits per heavy atom. The van der Waals surface area contributed by atoms with Gasteiger partial charge in [-0.1, -0.05) is 17.3 Å². The number of piperidine rings is 1. The van der Waals surface area contributed by atoms with Crippen LogP contribution in [-0.2, 0) is 0 Å². The molecular formula is C20H22N4O2. The average Bonchev–Trinajstić information content (AvgIpc) is 3.18. The molecule has 26 heavy (non-hydrogen) atoms. The van der Waals surface area contributed by atoms with Gasteiger partial charge < -0.3 is 14.6 Å². The Labute approximate surface area is 152 Å². The lowest BCUT2D eigenvalue weighted by atomic mass is 9.99. The smallest absolute Gasteiger partial charge is 0.258 e. The number of aromatic nitrogens is 3. The van der Waals surface area contributed by atoms with Crippen molar-refractivity contribution in [3.05, 3.63) is 48.2 Å². The van der Waals surface area contributed by atoms with Crippen molar-refractivity contribution in [3.63, 3.8) is 0 Å². The summed E-state index contributed by atoms with van der Waals surface area (Å²) in [6.07, 6.45) is 2.33. The molecule has 1 N–H and O–H groups in total. The summed E-state index contributed by atoms with van der Waals surface area (Å²) in [4.78, 5) is 8.91. The Morgan fingerprint density at radius 3 is 2.81 bits per heavy atom. The van der Waals surface area contributed by atoms with Crippen molar-refractivity contribution in [2.75, 3.05) is 19.7 Å². The van der Waals surface area contributed by atoms with Crippen LogP contribution in [0.25, 0.3) is 23.0 Å². The molecule has 0 atom stereocenters. The van der Waals surface area contributed by atoms with Crippen LogP contribution in [0.5, 0.6) is 5.75 Å². The van der Waals surface area contributed by atoms with E-state index in [0.29, 0.717) is 23.3 Å². The van der Waals surface area contributed by atoms with Crippen LogP contribution < -0.4 is 10.1 Å². The third-order valence-electron chi connectivity index (χ3n) is 4.57. The van der Waals surface area contributed by atoms with E-state index in [0.717, 1.165) is 49.5 Å². The van der Waals surface area contributed by atoms with E-state index in [1.165, 1.54) is 0 Å². The highest BCUT2D eigenvalue weighted by molar-refractivity contribution is 5.59. The minimum atomic E-state index is 0.468. The summed E-state index contributed by atoms with van der Waals surface area (Å²) in [5, 5.41) is 7.43. The third kappa shape index (κ3) is 3.91. The highest BCUT2D eigenvalue weighted by Crippen LogP contribution is 2.25. The van der Waals surface area contributed by atoms with E-state index in [9.17, 15) is 0 Å². The van der Waals surface area contributed by atoms with E-state index in [2.05, 4.69) is 20.4 Å². The molecule has 134 valence electrons. The van der Waals surface area contributed by atoms with Crippen molar-refractivity contribution >= 4 is 0 Å². The summed E-state index contributed by atoms with van der Waals surface area (Å²) < 4.78 is 11.4. The van der Waals surface area contributed by atoms with Crippen LogP contribution >= 0.6 is 0 Å². The van der Waals surface area contributed by atoms with Gasteiger partial charge in [0, 0.05) is 11.3 Å². The third-order valence-corrected chi connectivity index (χ3v) is 4.57. The van der Waals surface area contributed by atoms with Crippen LogP contribution in [0.4, 0.5) is 0 Å². The van der Waals surface area contributed by atoms with Crippen molar-refractivity contribution in [2.24, 2.45) is 5.92 Å². The standard InChI is InChI=1S/C20H22N4O2/c1-14-4-2-7-18(22-14)19-23-20(26-24-19)16-5-3-6-17(12-16)25-13-15-8-10-21-11-9-15/h2-7,12,15,21H,8-11,13H2,1H3. The molecule has 0 aliphatic carbocycles. The molecule has 1 aliphatic rings. The second-order valence-electron chi connectivity index (χ2n) is 6.62. The fourth-order valence-corrected chi connectivity index (χ4v) is 3.09. The maximum absolute atomic E-state index is 5.98. The van der Waals surface area contributed by atoms with Gasteiger partial charge in [0.2, 0.25) is 5.82 Å². The number of aryl methyl sites for hydroxylation is 1. The molecule has 0 amide bonds. The summed E-state index contributed by atoms with van der Waals surface area (Å²) in [6.45, 7) is 4.83. The number of pyridine rings is 1. The second kappa shape index (κ2) is 7.66. The van der Waals surface area contributed by atoms with Crippen molar-refractivity contribution in [1.82, 2.24) is 20.4 Å². The van der Waals surface area contributed by atoms with E-state index in [-0.39, 0.29) is 0 Å². The minimum absolute atomic E-state index is 0.468. The lowest BCUT2D eigenvalue weighted by molar-refractivity contribution is 0.215. The van der Waals surface area contributed by atoms with Crippen LogP contribution in [0, 0.1) is 12.8 Å².